The van der Waals surface area contributed by atoms with Gasteiger partial charge in [0.25, 0.3) is 0 Å². The number of carbonyl (C=O) groups excluding carboxylic acids is 1. The van der Waals surface area contributed by atoms with E-state index in [9.17, 15) is 4.79 Å². The highest BCUT2D eigenvalue weighted by molar-refractivity contribution is 6.30. The predicted molar refractivity (Wildman–Crippen MR) is 106 cm³/mol. The van der Waals surface area contributed by atoms with Crippen LogP contribution in [0.15, 0.2) is 30.5 Å². The van der Waals surface area contributed by atoms with Gasteiger partial charge in [-0.3, -0.25) is 4.79 Å². The number of nitrogens with zero attached hydrogens (tertiary/aromatic N) is 4. The third-order valence-corrected chi connectivity index (χ3v) is 5.08. The summed E-state index contributed by atoms with van der Waals surface area (Å²) in [5, 5.41) is 0.707. The molecule has 2 heterocycles. The number of hydrogen-bond donors (Lipinski definition) is 0. The van der Waals surface area contributed by atoms with Gasteiger partial charge in [0.15, 0.2) is 0 Å². The Bertz CT molecular complexity index is 776. The lowest BCUT2D eigenvalue weighted by atomic mass is 9.90. The number of benzene rings is 1. The maximum atomic E-state index is 12.2. The number of rotatable bonds is 4. The highest BCUT2D eigenvalue weighted by Crippen LogP contribution is 2.34. The van der Waals surface area contributed by atoms with E-state index in [0.29, 0.717) is 17.4 Å². The molecule has 1 atom stereocenters. The van der Waals surface area contributed by atoms with Crippen LogP contribution in [0.3, 0.4) is 0 Å². The minimum absolute atomic E-state index is 0.213. The van der Waals surface area contributed by atoms with Gasteiger partial charge < -0.3 is 9.80 Å². The van der Waals surface area contributed by atoms with E-state index in [1.165, 1.54) is 0 Å². The number of aromatic nitrogens is 2. The quantitative estimate of drug-likeness (QED) is 0.814. The van der Waals surface area contributed by atoms with Gasteiger partial charge in [0, 0.05) is 56.3 Å². The molecule has 0 bridgehead atoms. The van der Waals surface area contributed by atoms with Crippen molar-refractivity contribution in [1.82, 2.24) is 14.9 Å². The molecular weight excluding hydrogens is 348 g/mol. The lowest BCUT2D eigenvalue weighted by Gasteiger charge is -2.33. The van der Waals surface area contributed by atoms with Crippen LogP contribution in [0.1, 0.15) is 37.8 Å². The molecule has 1 saturated heterocycles. The van der Waals surface area contributed by atoms with E-state index in [1.54, 1.807) is 0 Å². The number of piperidine rings is 1. The summed E-state index contributed by atoms with van der Waals surface area (Å²) in [6.07, 6.45) is 4.46. The first-order chi connectivity index (χ1) is 12.5. The Morgan fingerprint density at radius 3 is 2.69 bits per heavy atom. The zero-order valence-corrected chi connectivity index (χ0v) is 16.3. The SMILES string of the molecule is CCC(=O)N1CCC[C@H](c2nc(N(C)C)ncc2-c2ccc(Cl)cc2)C1. The molecule has 1 aliphatic rings. The molecule has 0 spiro atoms. The molecular formula is C20H25ClN4O. The van der Waals surface area contributed by atoms with Gasteiger partial charge in [0.1, 0.15) is 0 Å². The minimum Gasteiger partial charge on any atom is -0.347 e. The molecule has 1 fully saturated rings. The Morgan fingerprint density at radius 2 is 2.04 bits per heavy atom. The fourth-order valence-corrected chi connectivity index (χ4v) is 3.54. The van der Waals surface area contributed by atoms with Crippen LogP contribution in [0.2, 0.25) is 5.02 Å². The predicted octanol–water partition coefficient (Wildman–Crippen LogP) is 3.98. The maximum Gasteiger partial charge on any atom is 0.225 e. The monoisotopic (exact) mass is 372 g/mol. The molecule has 1 aliphatic heterocycles. The molecule has 0 N–H and O–H groups in total. The van der Waals surface area contributed by atoms with Gasteiger partial charge in [-0.1, -0.05) is 30.7 Å². The van der Waals surface area contributed by atoms with Gasteiger partial charge in [0.2, 0.25) is 11.9 Å². The first-order valence-corrected chi connectivity index (χ1v) is 9.45. The first-order valence-electron chi connectivity index (χ1n) is 9.07. The number of amides is 1. The summed E-state index contributed by atoms with van der Waals surface area (Å²) in [6, 6.07) is 7.76. The van der Waals surface area contributed by atoms with Gasteiger partial charge in [-0.25, -0.2) is 9.97 Å². The number of halogens is 1. The zero-order valence-electron chi connectivity index (χ0n) is 15.6. The second kappa shape index (κ2) is 8.04. The van der Waals surface area contributed by atoms with Crippen LogP contribution in [-0.4, -0.2) is 48.0 Å². The van der Waals surface area contributed by atoms with Crippen LogP contribution in [-0.2, 0) is 4.79 Å². The molecule has 6 heteroatoms. The van der Waals surface area contributed by atoms with Crippen LogP contribution in [0.4, 0.5) is 5.95 Å². The molecule has 0 aliphatic carbocycles. The van der Waals surface area contributed by atoms with E-state index in [-0.39, 0.29) is 11.8 Å². The minimum atomic E-state index is 0.213. The molecule has 2 aromatic rings. The Labute approximate surface area is 160 Å². The van der Waals surface area contributed by atoms with Gasteiger partial charge >= 0.3 is 0 Å². The molecule has 26 heavy (non-hydrogen) atoms. The maximum absolute atomic E-state index is 12.2. The Hall–Kier alpha value is -2.14. The Balaban J connectivity index is 2.01. The van der Waals surface area contributed by atoms with E-state index in [4.69, 9.17) is 16.6 Å². The van der Waals surface area contributed by atoms with Crippen LogP contribution in [0, 0.1) is 0 Å². The molecule has 0 radical (unpaired) electrons. The van der Waals surface area contributed by atoms with Crippen molar-refractivity contribution >= 4 is 23.5 Å². The van der Waals surface area contributed by atoms with Gasteiger partial charge in [-0.2, -0.15) is 0 Å². The molecule has 1 amide bonds. The largest absolute Gasteiger partial charge is 0.347 e. The van der Waals surface area contributed by atoms with Crippen LogP contribution < -0.4 is 4.90 Å². The van der Waals surface area contributed by atoms with Crippen molar-refractivity contribution in [1.29, 1.82) is 0 Å². The summed E-state index contributed by atoms with van der Waals surface area (Å²) in [5.41, 5.74) is 3.08. The fourth-order valence-electron chi connectivity index (χ4n) is 3.41. The fraction of sp³-hybridized carbons (Fsp3) is 0.450. The third-order valence-electron chi connectivity index (χ3n) is 4.82. The summed E-state index contributed by atoms with van der Waals surface area (Å²) in [5.74, 6) is 1.12. The summed E-state index contributed by atoms with van der Waals surface area (Å²) < 4.78 is 0. The molecule has 5 nitrogen and oxygen atoms in total. The van der Waals surface area contributed by atoms with Crippen molar-refractivity contribution in [3.8, 4) is 11.1 Å². The second-order valence-electron chi connectivity index (χ2n) is 6.90. The van der Waals surface area contributed by atoms with Crippen LogP contribution in [0.5, 0.6) is 0 Å². The van der Waals surface area contributed by atoms with E-state index >= 15 is 0 Å². The van der Waals surface area contributed by atoms with Crippen molar-refractivity contribution in [3.63, 3.8) is 0 Å². The number of likely N-dealkylation sites (tertiary alicyclic amines) is 1. The second-order valence-corrected chi connectivity index (χ2v) is 7.34. The van der Waals surface area contributed by atoms with Gasteiger partial charge in [0.05, 0.1) is 5.69 Å². The average Bonchev–Trinajstić information content (AvgIpc) is 2.67. The van der Waals surface area contributed by atoms with Crippen molar-refractivity contribution in [2.24, 2.45) is 0 Å². The van der Waals surface area contributed by atoms with E-state index < -0.39 is 0 Å². The highest BCUT2D eigenvalue weighted by Gasteiger charge is 2.27. The summed E-state index contributed by atoms with van der Waals surface area (Å²) in [7, 11) is 3.88. The molecule has 3 rings (SSSR count). The lowest BCUT2D eigenvalue weighted by Crippen LogP contribution is -2.39. The van der Waals surface area contributed by atoms with Crippen molar-refractivity contribution in [2.45, 2.75) is 32.1 Å². The van der Waals surface area contributed by atoms with Crippen molar-refractivity contribution in [3.05, 3.63) is 41.2 Å². The summed E-state index contributed by atoms with van der Waals surface area (Å²) >= 11 is 6.04. The third kappa shape index (κ3) is 3.98. The number of hydrogen-bond acceptors (Lipinski definition) is 4. The highest BCUT2D eigenvalue weighted by atomic mass is 35.5. The van der Waals surface area contributed by atoms with Gasteiger partial charge in [-0.15, -0.1) is 0 Å². The number of anilines is 1. The standard InChI is InChI=1S/C20H25ClN4O/c1-4-18(26)25-11-5-6-15(13-25)19-17(12-22-20(23-19)24(2)3)14-7-9-16(21)10-8-14/h7-10,12,15H,4-6,11,13H2,1-3H3/t15-/m0/s1. The first kappa shape index (κ1) is 18.6. The average molecular weight is 373 g/mol. The normalized spacial score (nSPS) is 17.2. The Morgan fingerprint density at radius 1 is 1.31 bits per heavy atom. The molecule has 138 valence electrons. The topological polar surface area (TPSA) is 49.3 Å². The van der Waals surface area contributed by atoms with E-state index in [1.807, 2.05) is 61.3 Å². The molecule has 1 aromatic heterocycles. The summed E-state index contributed by atoms with van der Waals surface area (Å²) in [6.45, 7) is 3.47. The number of carbonyl (C=O) groups is 1. The van der Waals surface area contributed by atoms with Crippen molar-refractivity contribution < 1.29 is 4.79 Å². The Kier molecular flexibility index (Phi) is 5.77. The lowest BCUT2D eigenvalue weighted by molar-refractivity contribution is -0.132. The molecule has 1 aromatic carbocycles. The van der Waals surface area contributed by atoms with E-state index in [0.717, 1.165) is 42.8 Å². The molecule has 0 unspecified atom stereocenters. The zero-order chi connectivity index (χ0) is 18.7. The van der Waals surface area contributed by atoms with E-state index in [2.05, 4.69) is 4.98 Å². The van der Waals surface area contributed by atoms with Crippen LogP contribution in [0.25, 0.3) is 11.1 Å². The summed E-state index contributed by atoms with van der Waals surface area (Å²) in [4.78, 5) is 25.4. The van der Waals surface area contributed by atoms with Crippen molar-refractivity contribution in [2.75, 3.05) is 32.1 Å². The van der Waals surface area contributed by atoms with Gasteiger partial charge in [-0.05, 0) is 30.5 Å². The molecule has 0 saturated carbocycles. The smallest absolute Gasteiger partial charge is 0.225 e. The van der Waals surface area contributed by atoms with Crippen LogP contribution >= 0.6 is 11.6 Å².